The molecule has 6 N–H and O–H groups in total. The normalized spacial score (nSPS) is 12.9. The van der Waals surface area contributed by atoms with Gasteiger partial charge in [0.1, 0.15) is 12.6 Å². The Morgan fingerprint density at radius 2 is 1.71 bits per heavy atom. The summed E-state index contributed by atoms with van der Waals surface area (Å²) < 4.78 is 7.34. The Morgan fingerprint density at radius 1 is 1.05 bits per heavy atom. The van der Waals surface area contributed by atoms with Crippen LogP contribution in [0, 0.1) is 0 Å². The van der Waals surface area contributed by atoms with Crippen molar-refractivity contribution >= 4 is 48.4 Å². The number of fused-ring (bicyclic) bond motifs is 1. The van der Waals surface area contributed by atoms with Crippen LogP contribution in [0.1, 0.15) is 30.5 Å². The van der Waals surface area contributed by atoms with Crippen LogP contribution in [-0.4, -0.2) is 62.4 Å². The van der Waals surface area contributed by atoms with E-state index in [4.69, 9.17) is 10.5 Å². The fraction of sp³-hybridized carbons (Fsp3) is 0.357. The summed E-state index contributed by atoms with van der Waals surface area (Å²) in [6, 6.07) is 16.7. The number of ether oxygens (including phenoxy) is 1. The molecule has 0 aliphatic carbocycles. The van der Waals surface area contributed by atoms with Crippen LogP contribution < -0.4 is 16.4 Å². The molecule has 0 radical (unpaired) electrons. The van der Waals surface area contributed by atoms with Crippen LogP contribution in [0.5, 0.6) is 0 Å². The highest BCUT2D eigenvalue weighted by Crippen LogP contribution is 2.19. The lowest BCUT2D eigenvalue weighted by Crippen LogP contribution is -2.56. The molecule has 0 unspecified atom stereocenters. The zero-order chi connectivity index (χ0) is 27.1. The second-order valence-corrected chi connectivity index (χ2v) is 10.0. The minimum atomic E-state index is -1.17. The molecule has 2 heterocycles. The zero-order valence-corrected chi connectivity index (χ0v) is 24.7. The molecule has 0 fully saturated rings. The first-order chi connectivity index (χ1) is 18.2. The molecule has 0 saturated heterocycles. The molecule has 41 heavy (non-hydrogen) atoms. The Kier molecular flexibility index (Phi) is 13.9. The van der Waals surface area contributed by atoms with Crippen molar-refractivity contribution in [2.75, 3.05) is 18.5 Å². The first kappa shape index (κ1) is 35.5. The highest BCUT2D eigenvalue weighted by atomic mass is 35.5. The van der Waals surface area contributed by atoms with Crippen LogP contribution in [0.2, 0.25) is 0 Å². The lowest BCUT2D eigenvalue weighted by Gasteiger charge is -2.29. The number of halogens is 2. The SMILES string of the molecule is CC(C)(N)C(=O)N[C@H](COCc1ccccc1)C(=O)Nc1cn(CC(=O)N2CCc3ccccc3C2)cn1.Cl.Cl.O. The van der Waals surface area contributed by atoms with Gasteiger partial charge in [-0.1, -0.05) is 54.6 Å². The maximum atomic E-state index is 13.0. The van der Waals surface area contributed by atoms with Crippen LogP contribution in [0.4, 0.5) is 5.82 Å². The van der Waals surface area contributed by atoms with Gasteiger partial charge in [-0.25, -0.2) is 4.98 Å². The van der Waals surface area contributed by atoms with Gasteiger partial charge in [0.05, 0.1) is 25.1 Å². The number of imidazole rings is 1. The Balaban J connectivity index is 0.00000280. The van der Waals surface area contributed by atoms with Gasteiger partial charge in [-0.3, -0.25) is 14.4 Å². The largest absolute Gasteiger partial charge is 0.412 e. The monoisotopic (exact) mass is 608 g/mol. The van der Waals surface area contributed by atoms with Crippen LogP contribution in [0.25, 0.3) is 0 Å². The third-order valence-electron chi connectivity index (χ3n) is 6.29. The minimum Gasteiger partial charge on any atom is -0.412 e. The average Bonchev–Trinajstić information content (AvgIpc) is 3.34. The quantitative estimate of drug-likeness (QED) is 0.318. The van der Waals surface area contributed by atoms with Crippen LogP contribution in [0.15, 0.2) is 67.1 Å². The maximum absolute atomic E-state index is 13.0. The van der Waals surface area contributed by atoms with E-state index < -0.39 is 23.4 Å². The van der Waals surface area contributed by atoms with E-state index in [0.29, 0.717) is 13.1 Å². The average molecular weight is 610 g/mol. The standard InChI is InChI=1S/C28H34N6O4.2ClH.H2O/c1-28(2,29)27(37)31-23(18-38-17-20-8-4-3-5-9-20)26(36)32-24-15-33(19-30-24)16-25(35)34-13-12-21-10-6-7-11-22(21)14-34;;;/h3-11,15,19,23H,12-14,16-18,29H2,1-2H3,(H,31,37)(H,32,36);2*1H;1H2/t23-;;;/m1.../s1. The molecule has 224 valence electrons. The van der Waals surface area contributed by atoms with Gasteiger partial charge < -0.3 is 36.0 Å². The molecular formula is C28H38Cl2N6O5. The van der Waals surface area contributed by atoms with E-state index in [1.807, 2.05) is 53.4 Å². The van der Waals surface area contributed by atoms with Crippen molar-refractivity contribution in [3.63, 3.8) is 0 Å². The molecule has 0 spiro atoms. The number of benzene rings is 2. The van der Waals surface area contributed by atoms with Crippen LogP contribution in [0.3, 0.4) is 0 Å². The number of carbonyl (C=O) groups excluding carboxylic acids is 3. The molecule has 4 rings (SSSR count). The minimum absolute atomic E-state index is 0. The van der Waals surface area contributed by atoms with Gasteiger partial charge in [-0.2, -0.15) is 0 Å². The van der Waals surface area contributed by atoms with Gasteiger partial charge in [0.15, 0.2) is 5.82 Å². The highest BCUT2D eigenvalue weighted by molar-refractivity contribution is 5.98. The summed E-state index contributed by atoms with van der Waals surface area (Å²) in [6.45, 7) is 4.68. The van der Waals surface area contributed by atoms with Crippen molar-refractivity contribution in [3.05, 3.63) is 83.8 Å². The number of amides is 3. The van der Waals surface area contributed by atoms with Gasteiger partial charge in [-0.15, -0.1) is 24.8 Å². The van der Waals surface area contributed by atoms with Crippen molar-refractivity contribution < 1.29 is 24.6 Å². The Hall–Kier alpha value is -3.48. The van der Waals surface area contributed by atoms with Crippen molar-refractivity contribution in [2.24, 2.45) is 5.73 Å². The number of hydrogen-bond acceptors (Lipinski definition) is 6. The van der Waals surface area contributed by atoms with E-state index in [-0.39, 0.29) is 61.8 Å². The molecule has 2 aromatic carbocycles. The molecule has 3 aromatic rings. The van der Waals surface area contributed by atoms with Gasteiger partial charge in [-0.05, 0) is 37.0 Å². The van der Waals surface area contributed by atoms with E-state index in [1.165, 1.54) is 11.9 Å². The molecular weight excluding hydrogens is 571 g/mol. The Morgan fingerprint density at radius 3 is 2.39 bits per heavy atom. The number of aromatic nitrogens is 2. The smallest absolute Gasteiger partial charge is 0.250 e. The molecule has 1 atom stereocenters. The summed E-state index contributed by atoms with van der Waals surface area (Å²) in [5.41, 5.74) is 8.11. The van der Waals surface area contributed by atoms with Crippen molar-refractivity contribution in [1.82, 2.24) is 19.8 Å². The zero-order valence-electron chi connectivity index (χ0n) is 23.0. The molecule has 0 bridgehead atoms. The molecule has 0 saturated carbocycles. The fourth-order valence-electron chi connectivity index (χ4n) is 4.09. The number of nitrogens with two attached hydrogens (primary N) is 1. The van der Waals surface area contributed by atoms with Crippen molar-refractivity contribution in [3.8, 4) is 0 Å². The van der Waals surface area contributed by atoms with E-state index in [2.05, 4.69) is 21.7 Å². The molecule has 11 nitrogen and oxygen atoms in total. The second kappa shape index (κ2) is 16.1. The topological polar surface area (TPSA) is 163 Å². The third-order valence-corrected chi connectivity index (χ3v) is 6.29. The van der Waals surface area contributed by atoms with E-state index in [0.717, 1.165) is 17.5 Å². The summed E-state index contributed by atoms with van der Waals surface area (Å²) >= 11 is 0. The van der Waals surface area contributed by atoms with Crippen LogP contribution >= 0.6 is 24.8 Å². The molecule has 1 aliphatic rings. The van der Waals surface area contributed by atoms with E-state index >= 15 is 0 Å². The lowest BCUT2D eigenvalue weighted by atomic mass is 10.00. The summed E-state index contributed by atoms with van der Waals surface area (Å²) in [6.07, 6.45) is 3.91. The Labute approximate surface area is 252 Å². The predicted molar refractivity (Wildman–Crippen MR) is 161 cm³/mol. The second-order valence-electron chi connectivity index (χ2n) is 10.0. The van der Waals surface area contributed by atoms with E-state index in [9.17, 15) is 14.4 Å². The number of nitrogens with one attached hydrogen (secondary N) is 2. The van der Waals surface area contributed by atoms with Gasteiger partial charge >= 0.3 is 0 Å². The molecule has 3 amide bonds. The molecule has 1 aliphatic heterocycles. The summed E-state index contributed by atoms with van der Waals surface area (Å²) in [4.78, 5) is 44.4. The summed E-state index contributed by atoms with van der Waals surface area (Å²) in [5.74, 6) is -0.749. The van der Waals surface area contributed by atoms with Gasteiger partial charge in [0.2, 0.25) is 11.8 Å². The lowest BCUT2D eigenvalue weighted by molar-refractivity contribution is -0.132. The molecule has 1 aromatic heterocycles. The van der Waals surface area contributed by atoms with E-state index in [1.54, 1.807) is 24.6 Å². The van der Waals surface area contributed by atoms with Gasteiger partial charge in [0, 0.05) is 19.3 Å². The maximum Gasteiger partial charge on any atom is 0.250 e. The molecule has 13 heteroatoms. The van der Waals surface area contributed by atoms with Crippen molar-refractivity contribution in [1.29, 1.82) is 0 Å². The fourth-order valence-corrected chi connectivity index (χ4v) is 4.09. The Bertz CT molecular complexity index is 1280. The number of rotatable bonds is 10. The predicted octanol–water partition coefficient (Wildman–Crippen LogP) is 1.86. The number of hydrogen-bond donors (Lipinski definition) is 3. The van der Waals surface area contributed by atoms with Gasteiger partial charge in [0.25, 0.3) is 5.91 Å². The van der Waals surface area contributed by atoms with Crippen molar-refractivity contribution in [2.45, 2.75) is 51.5 Å². The third kappa shape index (κ3) is 10.1. The summed E-state index contributed by atoms with van der Waals surface area (Å²) in [7, 11) is 0. The number of nitrogens with zero attached hydrogens (tertiary/aromatic N) is 3. The number of anilines is 1. The summed E-state index contributed by atoms with van der Waals surface area (Å²) in [5, 5.41) is 5.36. The highest BCUT2D eigenvalue weighted by Gasteiger charge is 2.29. The first-order valence-electron chi connectivity index (χ1n) is 12.6. The van der Waals surface area contributed by atoms with Crippen LogP contribution in [-0.2, 0) is 45.2 Å². The first-order valence-corrected chi connectivity index (χ1v) is 12.6. The number of carbonyl (C=O) groups is 3.